The number of esters is 1. The minimum Gasteiger partial charge on any atom is -0.492 e. The van der Waals surface area contributed by atoms with Gasteiger partial charge in [-0.15, -0.1) is 0 Å². The Morgan fingerprint density at radius 2 is 2.00 bits per heavy atom. The van der Waals surface area contributed by atoms with Crippen LogP contribution in [0.15, 0.2) is 36.4 Å². The maximum absolute atomic E-state index is 12.7. The van der Waals surface area contributed by atoms with Gasteiger partial charge in [-0.3, -0.25) is 0 Å². The zero-order valence-corrected chi connectivity index (χ0v) is 21.8. The highest BCUT2D eigenvalue weighted by Gasteiger charge is 2.34. The number of aryl methyl sites for hydroxylation is 2. The largest absolute Gasteiger partial charge is 0.492 e. The number of aromatic nitrogens is 1. The number of fused-ring (bicyclic) bond motifs is 4. The Hall–Kier alpha value is -3.12. The average Bonchev–Trinajstić information content (AvgIpc) is 3.25. The maximum atomic E-state index is 12.7. The summed E-state index contributed by atoms with van der Waals surface area (Å²) < 4.78 is 38.5. The number of aromatic amines is 1. The number of hydrogen-bond donors (Lipinski definition) is 3. The topological polar surface area (TPSA) is 124 Å². The third kappa shape index (κ3) is 5.17. The van der Waals surface area contributed by atoms with E-state index < -0.39 is 28.8 Å². The average molecular weight is 529 g/mol. The summed E-state index contributed by atoms with van der Waals surface area (Å²) in [5.74, 6) is 0.265. The van der Waals surface area contributed by atoms with Crippen LogP contribution in [0, 0.1) is 0 Å². The van der Waals surface area contributed by atoms with Gasteiger partial charge in [0.05, 0.1) is 11.8 Å². The minimum atomic E-state index is -3.90. The molecule has 1 aromatic heterocycles. The molecular weight excluding hydrogens is 496 g/mol. The minimum absolute atomic E-state index is 0.138. The Morgan fingerprint density at radius 1 is 1.19 bits per heavy atom. The fraction of sp³-hybridized carbons (Fsp3) is 0.423. The summed E-state index contributed by atoms with van der Waals surface area (Å²) in [5, 5.41) is 15.1. The second-order valence-corrected chi connectivity index (χ2v) is 11.6. The van der Waals surface area contributed by atoms with E-state index in [0.29, 0.717) is 18.7 Å². The maximum Gasteiger partial charge on any atom is 0.332 e. The highest BCUT2D eigenvalue weighted by molar-refractivity contribution is 7.90. The molecule has 0 unspecified atom stereocenters. The van der Waals surface area contributed by atoms with Crippen molar-refractivity contribution in [3.8, 4) is 11.5 Å². The lowest BCUT2D eigenvalue weighted by molar-refractivity contribution is -0.133. The van der Waals surface area contributed by atoms with Gasteiger partial charge in [-0.05, 0) is 61.1 Å². The number of ether oxygens (including phenoxy) is 2. The highest BCUT2D eigenvalue weighted by Crippen LogP contribution is 2.36. The van der Waals surface area contributed by atoms with Crippen molar-refractivity contribution in [1.29, 1.82) is 0 Å². The number of rotatable bonds is 9. The molecule has 0 bridgehead atoms. The second-order valence-electron chi connectivity index (χ2n) is 9.56. The third-order valence-corrected chi connectivity index (χ3v) is 8.63. The van der Waals surface area contributed by atoms with Crippen LogP contribution < -0.4 is 19.1 Å². The van der Waals surface area contributed by atoms with Crippen LogP contribution in [0.2, 0.25) is 0 Å². The van der Waals surface area contributed by atoms with E-state index in [2.05, 4.69) is 16.4 Å². The molecule has 0 amide bonds. The Kier molecular flexibility index (Phi) is 7.13. The molecule has 5 rings (SSSR count). The van der Waals surface area contributed by atoms with Crippen LogP contribution in [-0.2, 0) is 27.8 Å². The van der Waals surface area contributed by atoms with Crippen molar-refractivity contribution in [3.05, 3.63) is 53.2 Å². The molecule has 2 heterocycles. The van der Waals surface area contributed by atoms with Crippen LogP contribution >= 0.6 is 0 Å². The highest BCUT2D eigenvalue weighted by atomic mass is 32.2. The van der Waals surface area contributed by atoms with Crippen molar-refractivity contribution in [1.82, 2.24) is 14.6 Å². The van der Waals surface area contributed by atoms with Crippen LogP contribution in [0.5, 0.6) is 11.5 Å². The molecule has 0 saturated carbocycles. The van der Waals surface area contributed by atoms with E-state index in [4.69, 9.17) is 9.47 Å². The van der Waals surface area contributed by atoms with Gasteiger partial charge in [0.15, 0.2) is 5.75 Å². The first-order valence-corrected chi connectivity index (χ1v) is 13.8. The molecule has 0 saturated heterocycles. The van der Waals surface area contributed by atoms with Gasteiger partial charge >= 0.3 is 16.2 Å². The van der Waals surface area contributed by atoms with E-state index in [1.54, 1.807) is 6.07 Å². The summed E-state index contributed by atoms with van der Waals surface area (Å²) in [6.45, 7) is 0.748. The van der Waals surface area contributed by atoms with E-state index in [0.717, 1.165) is 32.7 Å². The van der Waals surface area contributed by atoms with Gasteiger partial charge in [0.1, 0.15) is 18.9 Å². The molecule has 0 radical (unpaired) electrons. The molecule has 2 aliphatic rings. The molecule has 198 valence electrons. The first kappa shape index (κ1) is 25.5. The second kappa shape index (κ2) is 10.3. The Bertz CT molecular complexity index is 1420. The lowest BCUT2D eigenvalue weighted by Crippen LogP contribution is -2.46. The molecule has 11 heteroatoms. The number of carbonyl (C=O) groups is 1. The molecule has 3 aromatic rings. The summed E-state index contributed by atoms with van der Waals surface area (Å²) in [6.07, 6.45) is 3.80. The smallest absolute Gasteiger partial charge is 0.332 e. The van der Waals surface area contributed by atoms with E-state index in [-0.39, 0.29) is 18.0 Å². The molecular formula is C26H32N4O6S. The van der Waals surface area contributed by atoms with Gasteiger partial charge in [0.2, 0.25) is 0 Å². The zero-order valence-electron chi connectivity index (χ0n) is 21.0. The SMILES string of the molecule is CN(C)S(=O)(=O)N1CC(=O)Oc2ccc([C@@H](O)CNCCOc3ccc4c5c([nH]c4c3)CCCC5)cc21. The summed E-state index contributed by atoms with van der Waals surface area (Å²) in [7, 11) is -1.12. The normalized spacial score (nSPS) is 16.4. The molecule has 10 nitrogen and oxygen atoms in total. The molecule has 3 N–H and O–H groups in total. The first-order valence-electron chi connectivity index (χ1n) is 12.4. The van der Waals surface area contributed by atoms with Crippen molar-refractivity contribution in [2.24, 2.45) is 0 Å². The van der Waals surface area contributed by atoms with Crippen LogP contribution in [-0.4, -0.2) is 69.1 Å². The molecule has 1 aliphatic heterocycles. The van der Waals surface area contributed by atoms with Crippen LogP contribution in [0.25, 0.3) is 10.9 Å². The lowest BCUT2D eigenvalue weighted by atomic mass is 9.96. The molecule has 2 aromatic carbocycles. The van der Waals surface area contributed by atoms with Gasteiger partial charge in [-0.2, -0.15) is 12.7 Å². The van der Waals surface area contributed by atoms with Crippen molar-refractivity contribution in [2.45, 2.75) is 31.8 Å². The number of nitrogens with one attached hydrogen (secondary N) is 2. The number of carbonyl (C=O) groups excluding carboxylic acids is 1. The molecule has 1 aliphatic carbocycles. The summed E-state index contributed by atoms with van der Waals surface area (Å²) >= 11 is 0. The van der Waals surface area contributed by atoms with E-state index >= 15 is 0 Å². The number of nitrogens with zero attached hydrogens (tertiary/aromatic N) is 2. The quantitative estimate of drug-likeness (QED) is 0.221. The molecule has 0 spiro atoms. The van der Waals surface area contributed by atoms with Crippen LogP contribution in [0.3, 0.4) is 0 Å². The number of aliphatic hydroxyl groups excluding tert-OH is 1. The number of benzene rings is 2. The number of anilines is 1. The van der Waals surface area contributed by atoms with Crippen LogP contribution in [0.1, 0.15) is 35.8 Å². The standard InChI is InChI=1S/C26H32N4O6S/c1-29(2)37(33,34)30-16-26(32)36-25-10-7-17(13-23(25)30)24(31)15-27-11-12-35-18-8-9-20-19-5-3-4-6-21(19)28-22(20)14-18/h7-10,13-14,24,27-28,31H,3-6,11-12,15-16H2,1-2H3/t24-/m0/s1. The van der Waals surface area contributed by atoms with Crippen molar-refractivity contribution in [3.63, 3.8) is 0 Å². The zero-order chi connectivity index (χ0) is 26.2. The van der Waals surface area contributed by atoms with Gasteiger partial charge in [-0.1, -0.05) is 6.07 Å². The van der Waals surface area contributed by atoms with E-state index in [9.17, 15) is 18.3 Å². The van der Waals surface area contributed by atoms with Crippen LogP contribution in [0.4, 0.5) is 5.69 Å². The number of hydrogen-bond acceptors (Lipinski definition) is 7. The van der Waals surface area contributed by atoms with Crippen molar-refractivity contribution < 1.29 is 27.8 Å². The predicted molar refractivity (Wildman–Crippen MR) is 140 cm³/mol. The van der Waals surface area contributed by atoms with Crippen molar-refractivity contribution in [2.75, 3.05) is 44.6 Å². The Morgan fingerprint density at radius 3 is 2.81 bits per heavy atom. The summed E-state index contributed by atoms with van der Waals surface area (Å²) in [5.41, 5.74) is 4.61. The Balaban J connectivity index is 1.17. The van der Waals surface area contributed by atoms with E-state index in [1.165, 1.54) is 55.7 Å². The van der Waals surface area contributed by atoms with E-state index in [1.807, 2.05) is 12.1 Å². The lowest BCUT2D eigenvalue weighted by Gasteiger charge is -2.31. The predicted octanol–water partition coefficient (Wildman–Crippen LogP) is 2.28. The molecule has 0 fully saturated rings. The van der Waals surface area contributed by atoms with Gasteiger partial charge in [-0.25, -0.2) is 9.10 Å². The van der Waals surface area contributed by atoms with Gasteiger partial charge in [0, 0.05) is 49.8 Å². The van der Waals surface area contributed by atoms with Gasteiger partial charge < -0.3 is 24.9 Å². The number of aliphatic hydroxyl groups is 1. The van der Waals surface area contributed by atoms with Crippen molar-refractivity contribution >= 4 is 32.8 Å². The molecule has 37 heavy (non-hydrogen) atoms. The summed E-state index contributed by atoms with van der Waals surface area (Å²) in [4.78, 5) is 15.5. The third-order valence-electron chi connectivity index (χ3n) is 6.83. The molecule has 1 atom stereocenters. The first-order chi connectivity index (χ1) is 17.7. The fourth-order valence-electron chi connectivity index (χ4n) is 4.86. The fourth-order valence-corrected chi connectivity index (χ4v) is 5.92. The Labute approximate surface area is 216 Å². The number of H-pyrrole nitrogens is 1. The van der Waals surface area contributed by atoms with Gasteiger partial charge in [0.25, 0.3) is 0 Å². The summed E-state index contributed by atoms with van der Waals surface area (Å²) in [6, 6.07) is 10.8. The monoisotopic (exact) mass is 528 g/mol.